The summed E-state index contributed by atoms with van der Waals surface area (Å²) in [5.41, 5.74) is 7.42. The number of hydrogen-bond acceptors (Lipinski definition) is 3. The minimum absolute atomic E-state index is 0.151. The minimum Gasteiger partial charge on any atom is -0.399 e. The van der Waals surface area contributed by atoms with Crippen molar-refractivity contribution in [2.45, 2.75) is 38.5 Å². The van der Waals surface area contributed by atoms with Crippen LogP contribution in [0, 0.1) is 17.3 Å². The van der Waals surface area contributed by atoms with Crippen molar-refractivity contribution < 1.29 is 9.59 Å². The Morgan fingerprint density at radius 3 is 2.50 bits per heavy atom. The SMILES string of the molecule is CNC(=O)C1(CCc2ccc(N)cc2)CCC1C1CC(=O)C1. The molecule has 0 spiro atoms. The highest BCUT2D eigenvalue weighted by atomic mass is 16.2. The molecule has 3 rings (SSSR count). The Morgan fingerprint density at radius 2 is 2.00 bits per heavy atom. The van der Waals surface area contributed by atoms with Gasteiger partial charge in [0.25, 0.3) is 0 Å². The summed E-state index contributed by atoms with van der Waals surface area (Å²) >= 11 is 0. The fourth-order valence-electron chi connectivity index (χ4n) is 4.16. The average Bonchev–Trinajstić information content (AvgIpc) is 2.46. The summed E-state index contributed by atoms with van der Waals surface area (Å²) in [5, 5.41) is 2.85. The van der Waals surface area contributed by atoms with E-state index in [4.69, 9.17) is 5.73 Å². The van der Waals surface area contributed by atoms with Gasteiger partial charge in [-0.25, -0.2) is 0 Å². The number of ketones is 1. The summed E-state index contributed by atoms with van der Waals surface area (Å²) in [6.07, 6.45) is 5.09. The van der Waals surface area contributed by atoms with Crippen molar-refractivity contribution in [2.75, 3.05) is 12.8 Å². The van der Waals surface area contributed by atoms with E-state index in [9.17, 15) is 9.59 Å². The topological polar surface area (TPSA) is 72.2 Å². The van der Waals surface area contributed by atoms with Gasteiger partial charge in [-0.15, -0.1) is 0 Å². The van der Waals surface area contributed by atoms with E-state index in [0.29, 0.717) is 30.5 Å². The molecule has 2 fully saturated rings. The molecule has 0 aromatic heterocycles. The number of amides is 1. The van der Waals surface area contributed by atoms with Gasteiger partial charge >= 0.3 is 0 Å². The standard InChI is InChI=1S/C18H24N2O2/c1-20-17(22)18(8-6-12-2-4-14(19)5-3-12)9-7-16(18)13-10-15(21)11-13/h2-5,13,16H,6-11,19H2,1H3,(H,20,22). The molecule has 0 heterocycles. The molecule has 0 saturated heterocycles. The summed E-state index contributed by atoms with van der Waals surface area (Å²) in [4.78, 5) is 23.8. The molecule has 1 aromatic carbocycles. The molecule has 4 heteroatoms. The second-order valence-electron chi connectivity index (χ2n) is 6.83. The zero-order valence-corrected chi connectivity index (χ0v) is 13.1. The maximum absolute atomic E-state index is 12.5. The van der Waals surface area contributed by atoms with Gasteiger partial charge in [0.1, 0.15) is 5.78 Å². The molecule has 2 unspecified atom stereocenters. The van der Waals surface area contributed by atoms with Gasteiger partial charge in [-0.05, 0) is 55.2 Å². The second kappa shape index (κ2) is 5.75. The van der Waals surface area contributed by atoms with E-state index in [-0.39, 0.29) is 11.3 Å². The van der Waals surface area contributed by atoms with Crippen LogP contribution >= 0.6 is 0 Å². The van der Waals surface area contributed by atoms with Gasteiger partial charge in [-0.1, -0.05) is 12.1 Å². The molecular formula is C18H24N2O2. The van der Waals surface area contributed by atoms with Crippen molar-refractivity contribution in [3.63, 3.8) is 0 Å². The second-order valence-corrected chi connectivity index (χ2v) is 6.83. The van der Waals surface area contributed by atoms with Gasteiger partial charge < -0.3 is 11.1 Å². The normalized spacial score (nSPS) is 27.9. The number of rotatable bonds is 5. The van der Waals surface area contributed by atoms with Crippen molar-refractivity contribution in [2.24, 2.45) is 17.3 Å². The molecule has 118 valence electrons. The number of hydrogen-bond donors (Lipinski definition) is 2. The first kappa shape index (κ1) is 15.1. The highest BCUT2D eigenvalue weighted by molar-refractivity contribution is 5.87. The van der Waals surface area contributed by atoms with Crippen molar-refractivity contribution in [1.82, 2.24) is 5.32 Å². The average molecular weight is 300 g/mol. The van der Waals surface area contributed by atoms with Crippen LogP contribution in [0.1, 0.15) is 37.7 Å². The Hall–Kier alpha value is -1.84. The molecule has 2 aliphatic carbocycles. The molecule has 1 aromatic rings. The summed E-state index contributed by atoms with van der Waals surface area (Å²) in [5.74, 6) is 1.30. The number of aryl methyl sites for hydroxylation is 1. The van der Waals surface area contributed by atoms with Crippen LogP contribution < -0.4 is 11.1 Å². The van der Waals surface area contributed by atoms with E-state index in [2.05, 4.69) is 5.32 Å². The third-order valence-corrected chi connectivity index (χ3v) is 5.68. The quantitative estimate of drug-likeness (QED) is 0.820. The molecular weight excluding hydrogens is 276 g/mol. The Labute approximate surface area is 131 Å². The predicted molar refractivity (Wildman–Crippen MR) is 86.1 cm³/mol. The van der Waals surface area contributed by atoms with Crippen LogP contribution in [0.2, 0.25) is 0 Å². The van der Waals surface area contributed by atoms with E-state index in [1.807, 2.05) is 24.3 Å². The smallest absolute Gasteiger partial charge is 0.226 e. The van der Waals surface area contributed by atoms with Gasteiger partial charge in [0.15, 0.2) is 0 Å². The minimum atomic E-state index is -0.276. The lowest BCUT2D eigenvalue weighted by Gasteiger charge is -2.53. The number of carbonyl (C=O) groups is 2. The first-order valence-electron chi connectivity index (χ1n) is 8.13. The molecule has 3 N–H and O–H groups in total. The van der Waals surface area contributed by atoms with Crippen molar-refractivity contribution in [3.05, 3.63) is 29.8 Å². The van der Waals surface area contributed by atoms with Gasteiger partial charge in [0.2, 0.25) is 5.91 Å². The van der Waals surface area contributed by atoms with Crippen molar-refractivity contribution >= 4 is 17.4 Å². The summed E-state index contributed by atoms with van der Waals surface area (Å²) < 4.78 is 0. The van der Waals surface area contributed by atoms with Crippen LogP contribution in [-0.2, 0) is 16.0 Å². The van der Waals surface area contributed by atoms with Gasteiger partial charge in [-0.3, -0.25) is 9.59 Å². The highest BCUT2D eigenvalue weighted by Gasteiger charge is 2.56. The molecule has 1 amide bonds. The fraction of sp³-hybridized carbons (Fsp3) is 0.556. The highest BCUT2D eigenvalue weighted by Crippen LogP contribution is 2.57. The Kier molecular flexibility index (Phi) is 3.94. The maximum atomic E-state index is 12.5. The molecule has 2 aliphatic rings. The number of Topliss-reactive ketones (excluding diaryl/α,β-unsaturated/α-hetero) is 1. The molecule has 2 saturated carbocycles. The molecule has 0 radical (unpaired) electrons. The van der Waals surface area contributed by atoms with Crippen molar-refractivity contribution in [3.8, 4) is 0 Å². The number of anilines is 1. The zero-order valence-electron chi connectivity index (χ0n) is 13.1. The molecule has 4 nitrogen and oxygen atoms in total. The van der Waals surface area contributed by atoms with E-state index < -0.39 is 0 Å². The number of carbonyl (C=O) groups excluding carboxylic acids is 2. The third-order valence-electron chi connectivity index (χ3n) is 5.68. The van der Waals surface area contributed by atoms with E-state index in [1.54, 1.807) is 7.05 Å². The van der Waals surface area contributed by atoms with Gasteiger partial charge in [0, 0.05) is 25.6 Å². The molecule has 22 heavy (non-hydrogen) atoms. The van der Waals surface area contributed by atoms with E-state index >= 15 is 0 Å². The van der Waals surface area contributed by atoms with Gasteiger partial charge in [0.05, 0.1) is 5.41 Å². The molecule has 0 bridgehead atoms. The van der Waals surface area contributed by atoms with Crippen LogP contribution in [0.25, 0.3) is 0 Å². The first-order valence-corrected chi connectivity index (χ1v) is 8.13. The maximum Gasteiger partial charge on any atom is 0.226 e. The number of benzene rings is 1. The first-order chi connectivity index (χ1) is 10.5. The van der Waals surface area contributed by atoms with Crippen LogP contribution in [0.3, 0.4) is 0 Å². The van der Waals surface area contributed by atoms with Crippen LogP contribution in [0.4, 0.5) is 5.69 Å². The van der Waals surface area contributed by atoms with E-state index in [1.165, 1.54) is 5.56 Å². The lowest BCUT2D eigenvalue weighted by atomic mass is 9.50. The van der Waals surface area contributed by atoms with E-state index in [0.717, 1.165) is 31.4 Å². The zero-order chi connectivity index (χ0) is 15.7. The number of nitrogens with one attached hydrogen (secondary N) is 1. The van der Waals surface area contributed by atoms with Crippen LogP contribution in [0.5, 0.6) is 0 Å². The fourth-order valence-corrected chi connectivity index (χ4v) is 4.16. The summed E-state index contributed by atoms with van der Waals surface area (Å²) in [6.45, 7) is 0. The number of nitrogen functional groups attached to an aromatic ring is 1. The summed E-state index contributed by atoms with van der Waals surface area (Å²) in [6, 6.07) is 7.89. The third kappa shape index (κ3) is 2.51. The number of nitrogens with two attached hydrogens (primary N) is 1. The van der Waals surface area contributed by atoms with Crippen LogP contribution in [-0.4, -0.2) is 18.7 Å². The predicted octanol–water partition coefficient (Wildman–Crippen LogP) is 2.32. The summed E-state index contributed by atoms with van der Waals surface area (Å²) in [7, 11) is 1.72. The molecule has 2 atom stereocenters. The lowest BCUT2D eigenvalue weighted by Crippen LogP contribution is -2.56. The monoisotopic (exact) mass is 300 g/mol. The Balaban J connectivity index is 1.71. The van der Waals surface area contributed by atoms with Crippen molar-refractivity contribution in [1.29, 1.82) is 0 Å². The lowest BCUT2D eigenvalue weighted by molar-refractivity contribution is -0.153. The van der Waals surface area contributed by atoms with Gasteiger partial charge in [-0.2, -0.15) is 0 Å². The molecule has 0 aliphatic heterocycles. The van der Waals surface area contributed by atoms with Crippen LogP contribution in [0.15, 0.2) is 24.3 Å². The Morgan fingerprint density at radius 1 is 1.32 bits per heavy atom. The largest absolute Gasteiger partial charge is 0.399 e. The Bertz CT molecular complexity index is 573.